The summed E-state index contributed by atoms with van der Waals surface area (Å²) in [6.07, 6.45) is 1.77. The summed E-state index contributed by atoms with van der Waals surface area (Å²) in [7, 11) is 0. The lowest BCUT2D eigenvalue weighted by Crippen LogP contribution is -2.24. The molecule has 88 valence electrons. The number of hydrogen-bond acceptors (Lipinski definition) is 4. The monoisotopic (exact) mass is 223 g/mol. The molecule has 4 N–H and O–H groups in total. The number of carbonyl (C=O) groups is 1. The highest BCUT2D eigenvalue weighted by molar-refractivity contribution is 5.97. The molecule has 0 saturated heterocycles. The number of aromatic nitrogens is 1. The Kier molecular flexibility index (Phi) is 4.25. The normalized spacial score (nSPS) is 14.2. The highest BCUT2D eigenvalue weighted by Gasteiger charge is 2.12. The molecule has 0 aliphatic heterocycles. The van der Waals surface area contributed by atoms with Crippen molar-refractivity contribution in [2.24, 2.45) is 5.73 Å². The minimum Gasteiger partial charge on any atom is -0.393 e. The van der Waals surface area contributed by atoms with Gasteiger partial charge < -0.3 is 16.2 Å². The third kappa shape index (κ3) is 3.51. The largest absolute Gasteiger partial charge is 0.393 e. The van der Waals surface area contributed by atoms with Crippen LogP contribution in [0.5, 0.6) is 0 Å². The van der Waals surface area contributed by atoms with Crippen molar-refractivity contribution in [1.82, 2.24) is 4.98 Å². The Labute approximate surface area is 94.7 Å². The molecular weight excluding hydrogens is 206 g/mol. The summed E-state index contributed by atoms with van der Waals surface area (Å²) in [5.41, 5.74) is 5.58. The van der Waals surface area contributed by atoms with Crippen molar-refractivity contribution in [1.29, 1.82) is 0 Å². The van der Waals surface area contributed by atoms with Crippen LogP contribution in [0.3, 0.4) is 0 Å². The summed E-state index contributed by atoms with van der Waals surface area (Å²) in [4.78, 5) is 15.2. The number of pyridine rings is 1. The fourth-order valence-electron chi connectivity index (χ4n) is 1.52. The van der Waals surface area contributed by atoms with E-state index in [1.165, 1.54) is 0 Å². The number of amides is 1. The molecule has 2 atom stereocenters. The molecule has 0 spiro atoms. The van der Waals surface area contributed by atoms with E-state index < -0.39 is 12.0 Å². The molecule has 1 heterocycles. The molecule has 1 amide bonds. The van der Waals surface area contributed by atoms with Gasteiger partial charge in [-0.15, -0.1) is 0 Å². The number of anilines is 1. The standard InChI is InChI=1S/C11H17N3O2/c1-7(6-8(2)15)14-11-9(10(12)16)4-3-5-13-11/h3-5,7-8,15H,6H2,1-2H3,(H2,12,16)(H,13,14). The van der Waals surface area contributed by atoms with E-state index in [4.69, 9.17) is 5.73 Å². The molecule has 1 rings (SSSR count). The van der Waals surface area contributed by atoms with Crippen LogP contribution < -0.4 is 11.1 Å². The first-order valence-corrected chi connectivity index (χ1v) is 5.20. The van der Waals surface area contributed by atoms with Crippen molar-refractivity contribution in [3.63, 3.8) is 0 Å². The molecule has 0 bridgehead atoms. The van der Waals surface area contributed by atoms with Gasteiger partial charge in [0.2, 0.25) is 0 Å². The summed E-state index contributed by atoms with van der Waals surface area (Å²) in [5, 5.41) is 12.3. The van der Waals surface area contributed by atoms with Gasteiger partial charge in [-0.1, -0.05) is 0 Å². The quantitative estimate of drug-likeness (QED) is 0.687. The minimum atomic E-state index is -0.514. The van der Waals surface area contributed by atoms with Gasteiger partial charge in [0.15, 0.2) is 0 Å². The third-order valence-corrected chi connectivity index (χ3v) is 2.15. The highest BCUT2D eigenvalue weighted by atomic mass is 16.3. The molecule has 1 aromatic rings. The van der Waals surface area contributed by atoms with Gasteiger partial charge in [-0.05, 0) is 32.4 Å². The van der Waals surface area contributed by atoms with Gasteiger partial charge in [-0.3, -0.25) is 4.79 Å². The van der Waals surface area contributed by atoms with E-state index in [2.05, 4.69) is 10.3 Å². The van der Waals surface area contributed by atoms with Gasteiger partial charge in [0.05, 0.1) is 11.7 Å². The van der Waals surface area contributed by atoms with Crippen LogP contribution in [0.25, 0.3) is 0 Å². The fourth-order valence-corrected chi connectivity index (χ4v) is 1.52. The molecule has 5 heteroatoms. The number of rotatable bonds is 5. The molecular formula is C11H17N3O2. The summed E-state index contributed by atoms with van der Waals surface area (Å²) in [5.74, 6) is -0.0528. The van der Waals surface area contributed by atoms with Crippen LogP contribution in [0.2, 0.25) is 0 Å². The molecule has 0 radical (unpaired) electrons. The van der Waals surface area contributed by atoms with Crippen LogP contribution >= 0.6 is 0 Å². The Hall–Kier alpha value is -1.62. The van der Waals surface area contributed by atoms with Crippen molar-refractivity contribution in [2.75, 3.05) is 5.32 Å². The van der Waals surface area contributed by atoms with E-state index in [0.717, 1.165) is 0 Å². The van der Waals surface area contributed by atoms with E-state index in [1.54, 1.807) is 25.3 Å². The second-order valence-corrected chi connectivity index (χ2v) is 3.89. The second-order valence-electron chi connectivity index (χ2n) is 3.89. The van der Waals surface area contributed by atoms with Gasteiger partial charge in [-0.25, -0.2) is 4.98 Å². The molecule has 5 nitrogen and oxygen atoms in total. The van der Waals surface area contributed by atoms with Crippen molar-refractivity contribution in [2.45, 2.75) is 32.4 Å². The predicted octanol–water partition coefficient (Wildman–Crippen LogP) is 0.752. The lowest BCUT2D eigenvalue weighted by molar-refractivity contribution is 0.100. The maximum absolute atomic E-state index is 11.1. The van der Waals surface area contributed by atoms with E-state index in [1.807, 2.05) is 6.92 Å². The molecule has 16 heavy (non-hydrogen) atoms. The van der Waals surface area contributed by atoms with Crippen molar-refractivity contribution >= 4 is 11.7 Å². The number of nitrogens with one attached hydrogen (secondary N) is 1. The van der Waals surface area contributed by atoms with Crippen molar-refractivity contribution in [3.05, 3.63) is 23.9 Å². The van der Waals surface area contributed by atoms with Crippen LogP contribution in [0.4, 0.5) is 5.82 Å². The Bertz CT molecular complexity index is 366. The first-order chi connectivity index (χ1) is 7.50. The lowest BCUT2D eigenvalue weighted by atomic mass is 10.1. The van der Waals surface area contributed by atoms with Crippen LogP contribution in [-0.2, 0) is 0 Å². The average Bonchev–Trinajstić information content (AvgIpc) is 2.16. The highest BCUT2D eigenvalue weighted by Crippen LogP contribution is 2.13. The third-order valence-electron chi connectivity index (χ3n) is 2.15. The molecule has 0 fully saturated rings. The maximum atomic E-state index is 11.1. The number of carbonyl (C=O) groups excluding carboxylic acids is 1. The van der Waals surface area contributed by atoms with Gasteiger partial charge in [-0.2, -0.15) is 0 Å². The van der Waals surface area contributed by atoms with Gasteiger partial charge >= 0.3 is 0 Å². The number of aliphatic hydroxyl groups is 1. The van der Waals surface area contributed by atoms with Crippen molar-refractivity contribution < 1.29 is 9.90 Å². The molecule has 1 aromatic heterocycles. The maximum Gasteiger partial charge on any atom is 0.252 e. The first-order valence-electron chi connectivity index (χ1n) is 5.20. The summed E-state index contributed by atoms with van der Waals surface area (Å²) in [6, 6.07) is 3.30. The zero-order chi connectivity index (χ0) is 12.1. The van der Waals surface area contributed by atoms with E-state index in [9.17, 15) is 9.90 Å². The van der Waals surface area contributed by atoms with Crippen LogP contribution in [0.1, 0.15) is 30.6 Å². The van der Waals surface area contributed by atoms with Gasteiger partial charge in [0, 0.05) is 12.2 Å². The fraction of sp³-hybridized carbons (Fsp3) is 0.455. The topological polar surface area (TPSA) is 88.2 Å². The Morgan fingerprint density at radius 1 is 1.62 bits per heavy atom. The molecule has 0 aromatic carbocycles. The van der Waals surface area contributed by atoms with Gasteiger partial charge in [0.25, 0.3) is 5.91 Å². The second kappa shape index (κ2) is 5.46. The predicted molar refractivity (Wildman–Crippen MR) is 62.1 cm³/mol. The van der Waals surface area contributed by atoms with E-state index >= 15 is 0 Å². The average molecular weight is 223 g/mol. The van der Waals surface area contributed by atoms with E-state index in [-0.39, 0.29) is 6.04 Å². The number of hydrogen-bond donors (Lipinski definition) is 3. The van der Waals surface area contributed by atoms with E-state index in [0.29, 0.717) is 17.8 Å². The van der Waals surface area contributed by atoms with Crippen LogP contribution in [-0.4, -0.2) is 28.1 Å². The molecule has 0 aliphatic carbocycles. The number of nitrogens with two attached hydrogens (primary N) is 1. The van der Waals surface area contributed by atoms with Crippen LogP contribution in [0, 0.1) is 0 Å². The number of aliphatic hydroxyl groups excluding tert-OH is 1. The summed E-state index contributed by atoms with van der Waals surface area (Å²) >= 11 is 0. The van der Waals surface area contributed by atoms with Crippen molar-refractivity contribution in [3.8, 4) is 0 Å². The Balaban J connectivity index is 2.76. The smallest absolute Gasteiger partial charge is 0.252 e. The van der Waals surface area contributed by atoms with Gasteiger partial charge in [0.1, 0.15) is 5.82 Å². The SMILES string of the molecule is CC(O)CC(C)Nc1ncccc1C(N)=O. The van der Waals surface area contributed by atoms with Crippen LogP contribution in [0.15, 0.2) is 18.3 Å². The summed E-state index contributed by atoms with van der Waals surface area (Å²) in [6.45, 7) is 3.62. The molecule has 0 saturated carbocycles. The first kappa shape index (κ1) is 12.4. The molecule has 2 unspecified atom stereocenters. The number of nitrogens with zero attached hydrogens (tertiary/aromatic N) is 1. The Morgan fingerprint density at radius 3 is 2.88 bits per heavy atom. The summed E-state index contributed by atoms with van der Waals surface area (Å²) < 4.78 is 0. The Morgan fingerprint density at radius 2 is 2.31 bits per heavy atom. The zero-order valence-corrected chi connectivity index (χ0v) is 9.47. The number of primary amides is 1. The minimum absolute atomic E-state index is 0.0213. The lowest BCUT2D eigenvalue weighted by Gasteiger charge is -2.17. The zero-order valence-electron chi connectivity index (χ0n) is 9.47. The molecule has 0 aliphatic rings.